The van der Waals surface area contributed by atoms with Gasteiger partial charge in [0.15, 0.2) is 5.01 Å². The normalized spacial score (nSPS) is 11.8. The average Bonchev–Trinajstić information content (AvgIpc) is 2.66. The highest BCUT2D eigenvalue weighted by atomic mass is 32.1. The van der Waals surface area contributed by atoms with Crippen molar-refractivity contribution in [1.29, 1.82) is 0 Å². The van der Waals surface area contributed by atoms with Crippen molar-refractivity contribution in [3.63, 3.8) is 0 Å². The molecule has 84 valence electrons. The van der Waals surface area contributed by atoms with E-state index in [1.165, 1.54) is 17.4 Å². The lowest BCUT2D eigenvalue weighted by molar-refractivity contribution is 0.578. The summed E-state index contributed by atoms with van der Waals surface area (Å²) in [5, 5.41) is 9.71. The van der Waals surface area contributed by atoms with E-state index in [1.807, 2.05) is 0 Å². The molecule has 0 radical (unpaired) electrons. The summed E-state index contributed by atoms with van der Waals surface area (Å²) >= 11 is 1.44. The second-order valence-electron chi connectivity index (χ2n) is 4.64. The minimum absolute atomic E-state index is 0.0405. The molecular formula is C12H13FN2S. The van der Waals surface area contributed by atoms with Gasteiger partial charge in [0.1, 0.15) is 10.8 Å². The fraction of sp³-hybridized carbons (Fsp3) is 0.333. The van der Waals surface area contributed by atoms with E-state index >= 15 is 0 Å². The molecule has 2 nitrogen and oxygen atoms in total. The van der Waals surface area contributed by atoms with Crippen LogP contribution in [-0.4, -0.2) is 10.2 Å². The smallest absolute Gasteiger partial charge is 0.150 e. The number of nitrogens with zero attached hydrogens (tertiary/aromatic N) is 2. The van der Waals surface area contributed by atoms with Gasteiger partial charge in [0.25, 0.3) is 0 Å². The standard InChI is InChI=1S/C12H13FN2S/c1-12(2,3)11-15-14-10(16-11)8-6-4-5-7-9(8)13/h4-7H,1-3H3. The molecule has 0 atom stereocenters. The Balaban J connectivity index is 2.44. The predicted octanol–water partition coefficient (Wildman–Crippen LogP) is 3.64. The third kappa shape index (κ3) is 2.11. The van der Waals surface area contributed by atoms with Crippen LogP contribution >= 0.6 is 11.3 Å². The molecule has 0 unspecified atom stereocenters. The molecule has 0 aliphatic rings. The number of halogens is 1. The number of hydrogen-bond acceptors (Lipinski definition) is 3. The monoisotopic (exact) mass is 236 g/mol. The molecule has 0 saturated carbocycles. The fourth-order valence-corrected chi connectivity index (χ4v) is 2.20. The van der Waals surface area contributed by atoms with E-state index in [0.29, 0.717) is 10.6 Å². The molecule has 0 spiro atoms. The van der Waals surface area contributed by atoms with Gasteiger partial charge in [-0.15, -0.1) is 10.2 Å². The van der Waals surface area contributed by atoms with Gasteiger partial charge in [0.05, 0.1) is 0 Å². The van der Waals surface area contributed by atoms with Crippen molar-refractivity contribution < 1.29 is 4.39 Å². The van der Waals surface area contributed by atoms with Crippen molar-refractivity contribution in [3.05, 3.63) is 35.1 Å². The lowest BCUT2D eigenvalue weighted by atomic mass is 9.98. The van der Waals surface area contributed by atoms with Gasteiger partial charge in [0, 0.05) is 11.0 Å². The largest absolute Gasteiger partial charge is 0.206 e. The summed E-state index contributed by atoms with van der Waals surface area (Å²) in [4.78, 5) is 0. The van der Waals surface area contributed by atoms with E-state index in [2.05, 4.69) is 31.0 Å². The molecule has 16 heavy (non-hydrogen) atoms. The Hall–Kier alpha value is -1.29. The molecular weight excluding hydrogens is 223 g/mol. The molecule has 0 aliphatic heterocycles. The van der Waals surface area contributed by atoms with Crippen molar-refractivity contribution in [2.75, 3.05) is 0 Å². The van der Waals surface area contributed by atoms with Crippen molar-refractivity contribution in [3.8, 4) is 10.6 Å². The summed E-state index contributed by atoms with van der Waals surface area (Å²) in [7, 11) is 0. The summed E-state index contributed by atoms with van der Waals surface area (Å²) in [6.45, 7) is 6.20. The van der Waals surface area contributed by atoms with Crippen molar-refractivity contribution >= 4 is 11.3 Å². The van der Waals surface area contributed by atoms with E-state index in [4.69, 9.17) is 0 Å². The minimum Gasteiger partial charge on any atom is -0.206 e. The SMILES string of the molecule is CC(C)(C)c1nnc(-c2ccccc2F)s1. The highest BCUT2D eigenvalue weighted by Crippen LogP contribution is 2.31. The molecule has 0 bridgehead atoms. The molecule has 4 heteroatoms. The third-order valence-corrected chi connectivity index (χ3v) is 3.55. The van der Waals surface area contributed by atoms with Gasteiger partial charge in [-0.1, -0.05) is 44.2 Å². The van der Waals surface area contributed by atoms with Crippen LogP contribution in [0.3, 0.4) is 0 Å². The third-order valence-electron chi connectivity index (χ3n) is 2.17. The highest BCUT2D eigenvalue weighted by molar-refractivity contribution is 7.14. The summed E-state index contributed by atoms with van der Waals surface area (Å²) in [6.07, 6.45) is 0. The maximum Gasteiger partial charge on any atom is 0.150 e. The molecule has 1 heterocycles. The molecule has 0 fully saturated rings. The first-order valence-electron chi connectivity index (χ1n) is 5.07. The first kappa shape index (κ1) is 11.2. The van der Waals surface area contributed by atoms with Gasteiger partial charge >= 0.3 is 0 Å². The van der Waals surface area contributed by atoms with Crippen LogP contribution in [0.15, 0.2) is 24.3 Å². The van der Waals surface area contributed by atoms with Gasteiger partial charge in [-0.25, -0.2) is 4.39 Å². The molecule has 1 aromatic heterocycles. The first-order chi connectivity index (χ1) is 7.48. The van der Waals surface area contributed by atoms with Crippen molar-refractivity contribution in [1.82, 2.24) is 10.2 Å². The zero-order valence-corrected chi connectivity index (χ0v) is 10.3. The minimum atomic E-state index is -0.251. The number of hydrogen-bond donors (Lipinski definition) is 0. The van der Waals surface area contributed by atoms with Crippen LogP contribution in [0.2, 0.25) is 0 Å². The van der Waals surface area contributed by atoms with Crippen LogP contribution in [-0.2, 0) is 5.41 Å². The number of benzene rings is 1. The molecule has 1 aromatic carbocycles. The second-order valence-corrected chi connectivity index (χ2v) is 5.62. The summed E-state index contributed by atoms with van der Waals surface area (Å²) in [6, 6.07) is 6.64. The van der Waals surface area contributed by atoms with Crippen LogP contribution in [0.5, 0.6) is 0 Å². The second kappa shape index (κ2) is 3.94. The van der Waals surface area contributed by atoms with E-state index in [-0.39, 0.29) is 11.2 Å². The lowest BCUT2D eigenvalue weighted by Crippen LogP contribution is -2.10. The first-order valence-corrected chi connectivity index (χ1v) is 5.89. The molecule has 0 amide bonds. The van der Waals surface area contributed by atoms with E-state index < -0.39 is 0 Å². The van der Waals surface area contributed by atoms with Gasteiger partial charge in [-0.05, 0) is 12.1 Å². The summed E-state index contributed by atoms with van der Waals surface area (Å²) in [5.74, 6) is -0.251. The zero-order valence-electron chi connectivity index (χ0n) is 9.49. The zero-order chi connectivity index (χ0) is 11.8. The Bertz CT molecular complexity index is 500. The maximum absolute atomic E-state index is 13.5. The number of aromatic nitrogens is 2. The van der Waals surface area contributed by atoms with E-state index in [9.17, 15) is 4.39 Å². The quantitative estimate of drug-likeness (QED) is 0.755. The van der Waals surface area contributed by atoms with Gasteiger partial charge in [-0.2, -0.15) is 0 Å². The van der Waals surface area contributed by atoms with Crippen molar-refractivity contribution in [2.45, 2.75) is 26.2 Å². The molecule has 0 saturated heterocycles. The van der Waals surface area contributed by atoms with Gasteiger partial charge < -0.3 is 0 Å². The van der Waals surface area contributed by atoms with Crippen LogP contribution < -0.4 is 0 Å². The fourth-order valence-electron chi connectivity index (χ4n) is 1.27. The van der Waals surface area contributed by atoms with Crippen LogP contribution in [0.1, 0.15) is 25.8 Å². The van der Waals surface area contributed by atoms with Crippen LogP contribution in [0.25, 0.3) is 10.6 Å². The Morgan fingerprint density at radius 3 is 2.38 bits per heavy atom. The van der Waals surface area contributed by atoms with Crippen LogP contribution in [0, 0.1) is 5.82 Å². The van der Waals surface area contributed by atoms with E-state index in [0.717, 1.165) is 5.01 Å². The molecule has 0 aliphatic carbocycles. The van der Waals surface area contributed by atoms with Crippen molar-refractivity contribution in [2.24, 2.45) is 0 Å². The van der Waals surface area contributed by atoms with Crippen LogP contribution in [0.4, 0.5) is 4.39 Å². The maximum atomic E-state index is 13.5. The molecule has 0 N–H and O–H groups in total. The lowest BCUT2D eigenvalue weighted by Gasteiger charge is -2.12. The Labute approximate surface area is 98.2 Å². The Morgan fingerprint density at radius 2 is 1.81 bits per heavy atom. The summed E-state index contributed by atoms with van der Waals surface area (Å²) in [5.41, 5.74) is 0.483. The number of rotatable bonds is 1. The molecule has 2 aromatic rings. The Morgan fingerprint density at radius 1 is 1.12 bits per heavy atom. The van der Waals surface area contributed by atoms with Gasteiger partial charge in [-0.3, -0.25) is 0 Å². The Kier molecular flexibility index (Phi) is 2.76. The molecule has 2 rings (SSSR count). The van der Waals surface area contributed by atoms with Gasteiger partial charge in [0.2, 0.25) is 0 Å². The van der Waals surface area contributed by atoms with E-state index in [1.54, 1.807) is 18.2 Å². The average molecular weight is 236 g/mol. The topological polar surface area (TPSA) is 25.8 Å². The predicted molar refractivity (Wildman–Crippen MR) is 64.0 cm³/mol. The summed E-state index contributed by atoms with van der Waals surface area (Å²) < 4.78 is 13.5. The highest BCUT2D eigenvalue weighted by Gasteiger charge is 2.20.